The molecular weight excluding hydrogens is 214 g/mol. The van der Waals surface area contributed by atoms with Gasteiger partial charge in [-0.15, -0.1) is 0 Å². The molecule has 0 N–H and O–H groups in total. The number of hydrogen-bond acceptors (Lipinski definition) is 4. The maximum Gasteiger partial charge on any atom is 0.191 e. The van der Waals surface area contributed by atoms with Crippen LogP contribution in [0.25, 0.3) is 0 Å². The molecule has 0 saturated carbocycles. The first kappa shape index (κ1) is 11.5. The summed E-state index contributed by atoms with van der Waals surface area (Å²) in [6.45, 7) is 1.67. The van der Waals surface area contributed by atoms with Crippen molar-refractivity contribution in [3.05, 3.63) is 23.8 Å². The van der Waals surface area contributed by atoms with Crippen LogP contribution in [0.15, 0.2) is 23.1 Å². The summed E-state index contributed by atoms with van der Waals surface area (Å²) in [5.41, 5.74) is 0.588. The minimum atomic E-state index is -3.48. The molecular formula is C10H11NO3S. The Morgan fingerprint density at radius 3 is 2.60 bits per heavy atom. The lowest BCUT2D eigenvalue weighted by molar-refractivity contribution is 0.414. The van der Waals surface area contributed by atoms with Crippen LogP contribution in [-0.4, -0.2) is 21.3 Å². The van der Waals surface area contributed by atoms with Crippen LogP contribution in [0, 0.1) is 18.3 Å². The van der Waals surface area contributed by atoms with E-state index in [4.69, 9.17) is 10.00 Å². The second kappa shape index (κ2) is 4.32. The molecule has 0 spiro atoms. The first-order chi connectivity index (χ1) is 7.01. The van der Waals surface area contributed by atoms with Gasteiger partial charge >= 0.3 is 0 Å². The summed E-state index contributed by atoms with van der Waals surface area (Å²) in [6, 6.07) is 6.30. The highest BCUT2D eigenvalue weighted by atomic mass is 32.2. The predicted octanol–water partition coefficient (Wildman–Crippen LogP) is 1.30. The summed E-state index contributed by atoms with van der Waals surface area (Å²) in [5, 5.41) is 8.40. The summed E-state index contributed by atoms with van der Waals surface area (Å²) >= 11 is 0. The fourth-order valence-electron chi connectivity index (χ4n) is 1.26. The molecule has 15 heavy (non-hydrogen) atoms. The Kier molecular flexibility index (Phi) is 3.32. The van der Waals surface area contributed by atoms with Gasteiger partial charge < -0.3 is 4.74 Å². The maximum absolute atomic E-state index is 11.6. The number of benzene rings is 1. The number of sulfone groups is 1. The molecule has 0 bridgehead atoms. The molecule has 0 aromatic heterocycles. The minimum absolute atomic E-state index is 0.185. The lowest BCUT2D eigenvalue weighted by Gasteiger charge is -2.06. The fourth-order valence-corrected chi connectivity index (χ4v) is 2.41. The number of rotatable bonds is 3. The second-order valence-corrected chi connectivity index (χ2v) is 5.01. The van der Waals surface area contributed by atoms with Crippen LogP contribution in [0.1, 0.15) is 5.56 Å². The van der Waals surface area contributed by atoms with Crippen molar-refractivity contribution in [3.63, 3.8) is 0 Å². The zero-order valence-corrected chi connectivity index (χ0v) is 9.34. The number of ether oxygens (including phenoxy) is 1. The highest BCUT2D eigenvalue weighted by molar-refractivity contribution is 7.91. The van der Waals surface area contributed by atoms with E-state index in [-0.39, 0.29) is 4.90 Å². The molecule has 5 heteroatoms. The first-order valence-electron chi connectivity index (χ1n) is 4.25. The molecule has 0 aliphatic rings. The summed E-state index contributed by atoms with van der Waals surface area (Å²) in [4.78, 5) is 0.185. The van der Waals surface area contributed by atoms with Gasteiger partial charge in [-0.05, 0) is 30.7 Å². The second-order valence-electron chi connectivity index (χ2n) is 3.05. The van der Waals surface area contributed by atoms with Gasteiger partial charge in [0.1, 0.15) is 11.5 Å². The Morgan fingerprint density at radius 1 is 1.47 bits per heavy atom. The molecule has 0 saturated heterocycles. The van der Waals surface area contributed by atoms with Crippen LogP contribution in [0.4, 0.5) is 0 Å². The Hall–Kier alpha value is -1.54. The SMILES string of the molecule is COc1ccc(S(=O)(=O)CC#N)c(C)c1. The van der Waals surface area contributed by atoms with Crippen LogP contribution in [-0.2, 0) is 9.84 Å². The van der Waals surface area contributed by atoms with Crippen molar-refractivity contribution < 1.29 is 13.2 Å². The van der Waals surface area contributed by atoms with E-state index in [1.807, 2.05) is 0 Å². The standard InChI is InChI=1S/C10H11NO3S/c1-8-7-9(14-2)3-4-10(8)15(12,13)6-5-11/h3-4,7H,6H2,1-2H3. The van der Waals surface area contributed by atoms with Crippen molar-refractivity contribution in [1.29, 1.82) is 5.26 Å². The first-order valence-corrected chi connectivity index (χ1v) is 5.91. The van der Waals surface area contributed by atoms with Crippen molar-refractivity contribution in [3.8, 4) is 11.8 Å². The van der Waals surface area contributed by atoms with Crippen LogP contribution in [0.3, 0.4) is 0 Å². The monoisotopic (exact) mass is 225 g/mol. The van der Waals surface area contributed by atoms with Gasteiger partial charge in [0.25, 0.3) is 0 Å². The van der Waals surface area contributed by atoms with E-state index in [0.29, 0.717) is 11.3 Å². The van der Waals surface area contributed by atoms with Crippen LogP contribution in [0.2, 0.25) is 0 Å². The topological polar surface area (TPSA) is 67.2 Å². The molecule has 1 rings (SSSR count). The third-order valence-corrected chi connectivity index (χ3v) is 3.61. The number of methoxy groups -OCH3 is 1. The molecule has 0 aliphatic heterocycles. The molecule has 0 amide bonds. The molecule has 0 atom stereocenters. The van der Waals surface area contributed by atoms with E-state index in [1.54, 1.807) is 25.1 Å². The van der Waals surface area contributed by atoms with Crippen LogP contribution >= 0.6 is 0 Å². The van der Waals surface area contributed by atoms with Crippen molar-refractivity contribution in [2.45, 2.75) is 11.8 Å². The quantitative estimate of drug-likeness (QED) is 0.777. The smallest absolute Gasteiger partial charge is 0.191 e. The van der Waals surface area contributed by atoms with E-state index in [9.17, 15) is 8.42 Å². The van der Waals surface area contributed by atoms with Crippen molar-refractivity contribution in [2.75, 3.05) is 12.9 Å². The minimum Gasteiger partial charge on any atom is -0.497 e. The van der Waals surface area contributed by atoms with Gasteiger partial charge in [-0.1, -0.05) is 0 Å². The predicted molar refractivity (Wildman–Crippen MR) is 55.4 cm³/mol. The fraction of sp³-hybridized carbons (Fsp3) is 0.300. The lowest BCUT2D eigenvalue weighted by atomic mass is 10.2. The number of hydrogen-bond donors (Lipinski definition) is 0. The van der Waals surface area contributed by atoms with E-state index >= 15 is 0 Å². The third kappa shape index (κ3) is 2.48. The zero-order valence-electron chi connectivity index (χ0n) is 8.52. The highest BCUT2D eigenvalue weighted by Gasteiger charge is 2.16. The average molecular weight is 225 g/mol. The largest absolute Gasteiger partial charge is 0.497 e. The molecule has 0 aliphatic carbocycles. The van der Waals surface area contributed by atoms with Crippen molar-refractivity contribution in [1.82, 2.24) is 0 Å². The normalized spacial score (nSPS) is 10.7. The van der Waals surface area contributed by atoms with Crippen LogP contribution < -0.4 is 4.74 Å². The summed E-state index contributed by atoms with van der Waals surface area (Å²) in [5.74, 6) is 0.101. The Morgan fingerprint density at radius 2 is 2.13 bits per heavy atom. The number of nitriles is 1. The summed E-state index contributed by atoms with van der Waals surface area (Å²) < 4.78 is 28.1. The summed E-state index contributed by atoms with van der Waals surface area (Å²) in [6.07, 6.45) is 0. The Bertz CT molecular complexity index is 500. The molecule has 0 heterocycles. The van der Waals surface area contributed by atoms with Gasteiger partial charge in [0.2, 0.25) is 0 Å². The molecule has 4 nitrogen and oxygen atoms in total. The zero-order chi connectivity index (χ0) is 11.5. The highest BCUT2D eigenvalue weighted by Crippen LogP contribution is 2.21. The third-order valence-electron chi connectivity index (χ3n) is 1.97. The molecule has 80 valence electrons. The van der Waals surface area contributed by atoms with Crippen molar-refractivity contribution in [2.24, 2.45) is 0 Å². The van der Waals surface area contributed by atoms with E-state index in [0.717, 1.165) is 0 Å². The molecule has 0 radical (unpaired) electrons. The van der Waals surface area contributed by atoms with E-state index in [1.165, 1.54) is 13.2 Å². The van der Waals surface area contributed by atoms with Gasteiger partial charge in [-0.25, -0.2) is 8.42 Å². The van der Waals surface area contributed by atoms with Crippen molar-refractivity contribution >= 4 is 9.84 Å². The maximum atomic E-state index is 11.6. The van der Waals surface area contributed by atoms with Gasteiger partial charge in [-0.2, -0.15) is 5.26 Å². The van der Waals surface area contributed by atoms with E-state index < -0.39 is 15.6 Å². The van der Waals surface area contributed by atoms with Gasteiger partial charge in [0.15, 0.2) is 9.84 Å². The van der Waals surface area contributed by atoms with Crippen LogP contribution in [0.5, 0.6) is 5.75 Å². The lowest BCUT2D eigenvalue weighted by Crippen LogP contribution is -2.06. The number of aryl methyl sites for hydroxylation is 1. The van der Waals surface area contributed by atoms with E-state index in [2.05, 4.69) is 0 Å². The van der Waals surface area contributed by atoms with Gasteiger partial charge in [-0.3, -0.25) is 0 Å². The molecule has 0 unspecified atom stereocenters. The summed E-state index contributed by atoms with van der Waals surface area (Å²) in [7, 11) is -1.97. The van der Waals surface area contributed by atoms with Gasteiger partial charge in [0.05, 0.1) is 18.1 Å². The number of nitrogens with zero attached hydrogens (tertiary/aromatic N) is 1. The molecule has 0 fully saturated rings. The Labute approximate surface area is 89.0 Å². The molecule has 1 aromatic rings. The molecule has 1 aromatic carbocycles. The average Bonchev–Trinajstić information content (AvgIpc) is 2.17. The Balaban J connectivity index is 3.24. The van der Waals surface area contributed by atoms with Gasteiger partial charge in [0, 0.05) is 0 Å².